The highest BCUT2D eigenvalue weighted by molar-refractivity contribution is 6.07. The third-order valence-electron chi connectivity index (χ3n) is 4.35. The van der Waals surface area contributed by atoms with Gasteiger partial charge < -0.3 is 4.74 Å². The van der Waals surface area contributed by atoms with Gasteiger partial charge in [-0.1, -0.05) is 42.5 Å². The van der Waals surface area contributed by atoms with E-state index in [2.05, 4.69) is 5.43 Å². The average molecular weight is 298 g/mol. The maximum Gasteiger partial charge on any atom is 0.255 e. The summed E-state index contributed by atoms with van der Waals surface area (Å²) in [6, 6.07) is 9.17. The topological polar surface area (TPSA) is 75.7 Å². The quantitative estimate of drug-likeness (QED) is 0.639. The summed E-state index contributed by atoms with van der Waals surface area (Å²) in [5, 5.41) is 0.871. The Labute approximate surface area is 126 Å². The molecule has 2 fully saturated rings. The molecule has 2 bridgehead atoms. The van der Waals surface area contributed by atoms with Crippen molar-refractivity contribution in [2.24, 2.45) is 11.8 Å². The molecule has 112 valence electrons. The highest BCUT2D eigenvalue weighted by atomic mass is 16.5. The second-order valence-corrected chi connectivity index (χ2v) is 5.71. The molecule has 0 aromatic heterocycles. The predicted molar refractivity (Wildman–Crippen MR) is 74.9 cm³/mol. The first-order chi connectivity index (χ1) is 10.6. The summed E-state index contributed by atoms with van der Waals surface area (Å²) in [4.78, 5) is 36.8. The lowest BCUT2D eigenvalue weighted by molar-refractivity contribution is -0.151. The van der Waals surface area contributed by atoms with Crippen LogP contribution in [0, 0.1) is 11.8 Å². The van der Waals surface area contributed by atoms with Crippen molar-refractivity contribution in [1.29, 1.82) is 0 Å². The Hall–Kier alpha value is -2.47. The van der Waals surface area contributed by atoms with E-state index in [1.807, 2.05) is 42.5 Å². The molecule has 1 N–H and O–H groups in total. The highest BCUT2D eigenvalue weighted by Gasteiger charge is 2.61. The van der Waals surface area contributed by atoms with Gasteiger partial charge in [-0.25, -0.2) is 0 Å². The SMILES string of the molecule is O=C(Cc1ccccc1)NN1C(=O)[C@@H]2[C@H](C1=O)[C@H]1C=C[C@@H]2O1. The minimum absolute atomic E-state index is 0.120. The number of hydrogen-bond donors (Lipinski definition) is 1. The van der Waals surface area contributed by atoms with E-state index in [9.17, 15) is 14.4 Å². The second-order valence-electron chi connectivity index (χ2n) is 5.71. The molecule has 3 aliphatic heterocycles. The number of carbonyl (C=O) groups is 3. The van der Waals surface area contributed by atoms with E-state index in [-0.39, 0.29) is 36.4 Å². The van der Waals surface area contributed by atoms with Crippen LogP contribution in [0.15, 0.2) is 42.5 Å². The maximum atomic E-state index is 12.4. The molecule has 22 heavy (non-hydrogen) atoms. The van der Waals surface area contributed by atoms with Crippen LogP contribution in [0.25, 0.3) is 0 Å². The minimum atomic E-state index is -0.500. The Bertz CT molecular complexity index is 655. The summed E-state index contributed by atoms with van der Waals surface area (Å²) in [7, 11) is 0. The van der Waals surface area contributed by atoms with Crippen LogP contribution in [0.2, 0.25) is 0 Å². The molecule has 0 radical (unpaired) electrons. The molecular weight excluding hydrogens is 284 g/mol. The van der Waals surface area contributed by atoms with Crippen LogP contribution in [-0.2, 0) is 25.5 Å². The maximum absolute atomic E-state index is 12.4. The number of benzene rings is 1. The molecule has 1 aromatic carbocycles. The van der Waals surface area contributed by atoms with Gasteiger partial charge in [0.15, 0.2) is 0 Å². The molecule has 0 aliphatic carbocycles. The van der Waals surface area contributed by atoms with Crippen molar-refractivity contribution in [3.05, 3.63) is 48.0 Å². The van der Waals surface area contributed by atoms with E-state index < -0.39 is 11.8 Å². The smallest absolute Gasteiger partial charge is 0.255 e. The standard InChI is InChI=1S/C16H14N2O4/c19-12(8-9-4-2-1-3-5-9)17-18-15(20)13-10-6-7-11(22-10)14(13)16(18)21/h1-7,10-11,13-14H,8H2,(H,17,19)/t10-,11+,13-,14+. The van der Waals surface area contributed by atoms with Crippen molar-refractivity contribution in [3.63, 3.8) is 0 Å². The molecule has 0 unspecified atom stereocenters. The first-order valence-electron chi connectivity index (χ1n) is 7.20. The fourth-order valence-corrected chi connectivity index (χ4v) is 3.36. The van der Waals surface area contributed by atoms with E-state index in [1.54, 1.807) is 0 Å². The van der Waals surface area contributed by atoms with Crippen molar-refractivity contribution in [2.75, 3.05) is 0 Å². The lowest BCUT2D eigenvalue weighted by Gasteiger charge is -2.18. The fraction of sp³-hybridized carbons (Fsp3) is 0.312. The van der Waals surface area contributed by atoms with E-state index >= 15 is 0 Å². The van der Waals surface area contributed by atoms with Crippen molar-refractivity contribution in [3.8, 4) is 0 Å². The highest BCUT2D eigenvalue weighted by Crippen LogP contribution is 2.44. The number of ether oxygens (including phenoxy) is 1. The zero-order valence-corrected chi connectivity index (χ0v) is 11.6. The molecule has 2 saturated heterocycles. The van der Waals surface area contributed by atoms with Gasteiger partial charge >= 0.3 is 0 Å². The van der Waals surface area contributed by atoms with Crippen LogP contribution in [0.4, 0.5) is 0 Å². The van der Waals surface area contributed by atoms with Gasteiger partial charge in [-0.05, 0) is 5.56 Å². The number of nitrogens with zero attached hydrogens (tertiary/aromatic N) is 1. The first kappa shape index (κ1) is 13.2. The number of rotatable bonds is 3. The summed E-state index contributed by atoms with van der Waals surface area (Å²) in [6.45, 7) is 0. The number of carbonyl (C=O) groups excluding carboxylic acids is 3. The molecule has 6 heteroatoms. The number of nitrogens with one attached hydrogen (secondary N) is 1. The molecule has 1 aromatic rings. The molecule has 3 heterocycles. The van der Waals surface area contributed by atoms with Crippen molar-refractivity contribution < 1.29 is 19.1 Å². The first-order valence-corrected chi connectivity index (χ1v) is 7.20. The van der Waals surface area contributed by atoms with Crippen LogP contribution < -0.4 is 5.43 Å². The molecule has 4 rings (SSSR count). The number of imide groups is 1. The number of fused-ring (bicyclic) bond motifs is 5. The Balaban J connectivity index is 1.47. The third-order valence-corrected chi connectivity index (χ3v) is 4.35. The molecule has 3 amide bonds. The zero-order chi connectivity index (χ0) is 15.3. The van der Waals surface area contributed by atoms with E-state index in [4.69, 9.17) is 4.74 Å². The summed E-state index contributed by atoms with van der Waals surface area (Å²) in [6.07, 6.45) is 3.05. The summed E-state index contributed by atoms with van der Waals surface area (Å²) < 4.78 is 5.54. The number of hydrogen-bond acceptors (Lipinski definition) is 4. The molecule has 0 spiro atoms. The Morgan fingerprint density at radius 3 is 2.23 bits per heavy atom. The van der Waals surface area contributed by atoms with Gasteiger partial charge in [0.25, 0.3) is 11.8 Å². The van der Waals surface area contributed by atoms with E-state index in [0.29, 0.717) is 0 Å². The largest absolute Gasteiger partial charge is 0.365 e. The van der Waals surface area contributed by atoms with Gasteiger partial charge in [0.05, 0.1) is 30.5 Å². The fourth-order valence-electron chi connectivity index (χ4n) is 3.36. The Morgan fingerprint density at radius 1 is 1.05 bits per heavy atom. The van der Waals surface area contributed by atoms with Gasteiger partial charge in [0.1, 0.15) is 0 Å². The summed E-state index contributed by atoms with van der Waals surface area (Å²) in [5.74, 6) is -2.14. The van der Waals surface area contributed by atoms with E-state index in [1.165, 1.54) is 0 Å². The van der Waals surface area contributed by atoms with Crippen LogP contribution in [-0.4, -0.2) is 34.9 Å². The number of hydrazine groups is 1. The van der Waals surface area contributed by atoms with Crippen molar-refractivity contribution >= 4 is 17.7 Å². The molecular formula is C16H14N2O4. The molecule has 0 saturated carbocycles. The summed E-state index contributed by atoms with van der Waals surface area (Å²) in [5.41, 5.74) is 3.26. The van der Waals surface area contributed by atoms with Gasteiger partial charge in [-0.2, -0.15) is 5.01 Å². The predicted octanol–water partition coefficient (Wildman–Crippen LogP) is 0.199. The molecule has 6 nitrogen and oxygen atoms in total. The molecule has 3 aliphatic rings. The lowest BCUT2D eigenvalue weighted by Crippen LogP contribution is -2.48. The Kier molecular flexibility index (Phi) is 2.87. The third kappa shape index (κ3) is 1.88. The second kappa shape index (κ2) is 4.78. The normalized spacial score (nSPS) is 31.7. The number of amides is 3. The van der Waals surface area contributed by atoms with Gasteiger partial charge in [0.2, 0.25) is 5.91 Å². The summed E-state index contributed by atoms with van der Waals surface area (Å²) >= 11 is 0. The lowest BCUT2D eigenvalue weighted by atomic mass is 9.85. The monoisotopic (exact) mass is 298 g/mol. The zero-order valence-electron chi connectivity index (χ0n) is 11.6. The van der Waals surface area contributed by atoms with E-state index in [0.717, 1.165) is 10.6 Å². The average Bonchev–Trinajstić information content (AvgIpc) is 3.18. The van der Waals surface area contributed by atoms with Crippen LogP contribution in [0.3, 0.4) is 0 Å². The van der Waals surface area contributed by atoms with Gasteiger partial charge in [-0.3, -0.25) is 19.8 Å². The van der Waals surface area contributed by atoms with Crippen molar-refractivity contribution in [1.82, 2.24) is 10.4 Å². The minimum Gasteiger partial charge on any atom is -0.365 e. The van der Waals surface area contributed by atoms with Crippen LogP contribution >= 0.6 is 0 Å². The van der Waals surface area contributed by atoms with Crippen molar-refractivity contribution in [2.45, 2.75) is 18.6 Å². The van der Waals surface area contributed by atoms with Crippen LogP contribution in [0.1, 0.15) is 5.56 Å². The van der Waals surface area contributed by atoms with Gasteiger partial charge in [0, 0.05) is 0 Å². The van der Waals surface area contributed by atoms with Gasteiger partial charge in [-0.15, -0.1) is 0 Å². The molecule has 4 atom stereocenters. The Morgan fingerprint density at radius 2 is 1.64 bits per heavy atom. The van der Waals surface area contributed by atoms with Crippen LogP contribution in [0.5, 0.6) is 0 Å².